The van der Waals surface area contributed by atoms with Crippen LogP contribution in [0, 0.1) is 0 Å². The molecule has 0 atom stereocenters. The summed E-state index contributed by atoms with van der Waals surface area (Å²) in [6.07, 6.45) is 2.34. The maximum Gasteiger partial charge on any atom is 0.317 e. The van der Waals surface area contributed by atoms with Crippen molar-refractivity contribution in [2.24, 2.45) is 0 Å². The minimum Gasteiger partial charge on any atom is -0.480 e. The Labute approximate surface area is 118 Å². The van der Waals surface area contributed by atoms with Crippen molar-refractivity contribution in [2.75, 3.05) is 26.2 Å². The maximum atomic E-state index is 11.7. The number of amides is 1. The van der Waals surface area contributed by atoms with E-state index in [0.717, 1.165) is 12.0 Å². The number of hydrogen-bond donors (Lipinski definition) is 2. The minimum atomic E-state index is -0.955. The van der Waals surface area contributed by atoms with E-state index in [-0.39, 0.29) is 19.0 Å². The zero-order chi connectivity index (χ0) is 14.8. The molecule has 1 amide bonds. The molecule has 0 radical (unpaired) electrons. The lowest BCUT2D eigenvalue weighted by molar-refractivity contribution is -0.138. The lowest BCUT2D eigenvalue weighted by Crippen LogP contribution is -2.40. The summed E-state index contributed by atoms with van der Waals surface area (Å²) < 4.78 is 0. The number of carbonyl (C=O) groups is 2. The van der Waals surface area contributed by atoms with Crippen LogP contribution in [0.1, 0.15) is 5.56 Å². The summed E-state index contributed by atoms with van der Waals surface area (Å²) in [4.78, 5) is 23.9. The molecule has 0 aliphatic rings. The quantitative estimate of drug-likeness (QED) is 0.658. The summed E-state index contributed by atoms with van der Waals surface area (Å²) in [7, 11) is 0. The van der Waals surface area contributed by atoms with Gasteiger partial charge in [-0.3, -0.25) is 14.5 Å². The highest BCUT2D eigenvalue weighted by Crippen LogP contribution is 1.98. The van der Waals surface area contributed by atoms with Crippen LogP contribution in [0.5, 0.6) is 0 Å². The van der Waals surface area contributed by atoms with Crippen LogP contribution in [-0.4, -0.2) is 48.1 Å². The average Bonchev–Trinajstić information content (AvgIpc) is 2.39. The highest BCUT2D eigenvalue weighted by molar-refractivity contribution is 5.79. The summed E-state index contributed by atoms with van der Waals surface area (Å²) in [5.74, 6) is -1.13. The molecule has 1 aromatic rings. The zero-order valence-electron chi connectivity index (χ0n) is 11.4. The van der Waals surface area contributed by atoms with Gasteiger partial charge in [0.25, 0.3) is 0 Å². The third-order valence-corrected chi connectivity index (χ3v) is 2.69. The Morgan fingerprint density at radius 3 is 2.55 bits per heavy atom. The molecule has 0 unspecified atom stereocenters. The van der Waals surface area contributed by atoms with Gasteiger partial charge in [0.15, 0.2) is 0 Å². The first kappa shape index (κ1) is 15.9. The van der Waals surface area contributed by atoms with Crippen molar-refractivity contribution in [1.82, 2.24) is 10.2 Å². The monoisotopic (exact) mass is 276 g/mol. The summed E-state index contributed by atoms with van der Waals surface area (Å²) in [5, 5.41) is 11.5. The number of nitrogens with one attached hydrogen (secondary N) is 1. The van der Waals surface area contributed by atoms with Crippen LogP contribution in [0.25, 0.3) is 0 Å². The van der Waals surface area contributed by atoms with Gasteiger partial charge in [-0.2, -0.15) is 0 Å². The summed E-state index contributed by atoms with van der Waals surface area (Å²) in [6.45, 7) is 4.36. The molecule has 0 fully saturated rings. The summed E-state index contributed by atoms with van der Waals surface area (Å²) in [6, 6.07) is 9.86. The fourth-order valence-corrected chi connectivity index (χ4v) is 1.81. The minimum absolute atomic E-state index is 0.0626. The first-order valence-corrected chi connectivity index (χ1v) is 6.47. The maximum absolute atomic E-state index is 11.7. The zero-order valence-corrected chi connectivity index (χ0v) is 11.4. The van der Waals surface area contributed by atoms with Crippen molar-refractivity contribution in [2.45, 2.75) is 6.42 Å². The van der Waals surface area contributed by atoms with Crippen LogP contribution in [-0.2, 0) is 16.0 Å². The molecule has 0 saturated carbocycles. The molecule has 0 bridgehead atoms. The lowest BCUT2D eigenvalue weighted by atomic mass is 10.1. The van der Waals surface area contributed by atoms with E-state index in [4.69, 9.17) is 5.11 Å². The van der Waals surface area contributed by atoms with Crippen molar-refractivity contribution in [3.05, 3.63) is 48.6 Å². The molecule has 0 aliphatic carbocycles. The molecule has 0 aliphatic heterocycles. The molecule has 1 aromatic carbocycles. The number of hydrogen-bond acceptors (Lipinski definition) is 3. The molecule has 20 heavy (non-hydrogen) atoms. The van der Waals surface area contributed by atoms with Crippen LogP contribution in [0.15, 0.2) is 43.0 Å². The van der Waals surface area contributed by atoms with E-state index in [0.29, 0.717) is 13.1 Å². The topological polar surface area (TPSA) is 69.6 Å². The molecule has 0 aromatic heterocycles. The lowest BCUT2D eigenvalue weighted by Gasteiger charge is -2.17. The second kappa shape index (κ2) is 8.87. The van der Waals surface area contributed by atoms with E-state index in [1.807, 2.05) is 30.3 Å². The second-order valence-electron chi connectivity index (χ2n) is 4.44. The van der Waals surface area contributed by atoms with E-state index in [1.54, 1.807) is 6.08 Å². The van der Waals surface area contributed by atoms with Crippen molar-refractivity contribution in [1.29, 1.82) is 0 Å². The molecule has 0 spiro atoms. The van der Waals surface area contributed by atoms with E-state index >= 15 is 0 Å². The van der Waals surface area contributed by atoms with Crippen molar-refractivity contribution < 1.29 is 14.7 Å². The van der Waals surface area contributed by atoms with Crippen molar-refractivity contribution >= 4 is 11.9 Å². The Morgan fingerprint density at radius 2 is 1.95 bits per heavy atom. The first-order chi connectivity index (χ1) is 9.61. The molecule has 0 heterocycles. The highest BCUT2D eigenvalue weighted by atomic mass is 16.4. The molecule has 2 N–H and O–H groups in total. The number of benzene rings is 1. The molecule has 108 valence electrons. The number of rotatable bonds is 9. The Balaban J connectivity index is 2.30. The van der Waals surface area contributed by atoms with Crippen LogP contribution in [0.4, 0.5) is 0 Å². The number of nitrogens with zero attached hydrogens (tertiary/aromatic N) is 1. The largest absolute Gasteiger partial charge is 0.480 e. The SMILES string of the molecule is C=CCN(CC(=O)O)CC(=O)NCCc1ccccc1. The van der Waals surface area contributed by atoms with E-state index in [2.05, 4.69) is 11.9 Å². The van der Waals surface area contributed by atoms with Gasteiger partial charge in [0.05, 0.1) is 13.1 Å². The van der Waals surface area contributed by atoms with Crippen LogP contribution >= 0.6 is 0 Å². The summed E-state index contributed by atoms with van der Waals surface area (Å²) in [5.41, 5.74) is 1.15. The van der Waals surface area contributed by atoms with E-state index in [1.165, 1.54) is 4.90 Å². The Bertz CT molecular complexity index is 446. The van der Waals surface area contributed by atoms with Crippen LogP contribution in [0.3, 0.4) is 0 Å². The fourth-order valence-electron chi connectivity index (χ4n) is 1.81. The smallest absolute Gasteiger partial charge is 0.317 e. The van der Waals surface area contributed by atoms with Gasteiger partial charge in [-0.25, -0.2) is 0 Å². The summed E-state index contributed by atoms with van der Waals surface area (Å²) >= 11 is 0. The van der Waals surface area contributed by atoms with Gasteiger partial charge in [-0.1, -0.05) is 36.4 Å². The van der Waals surface area contributed by atoms with Gasteiger partial charge in [0, 0.05) is 13.1 Å². The van der Waals surface area contributed by atoms with Crippen molar-refractivity contribution in [3.63, 3.8) is 0 Å². The van der Waals surface area contributed by atoms with Gasteiger partial charge < -0.3 is 10.4 Å². The van der Waals surface area contributed by atoms with E-state index < -0.39 is 5.97 Å². The van der Waals surface area contributed by atoms with Crippen LogP contribution in [0.2, 0.25) is 0 Å². The van der Waals surface area contributed by atoms with Gasteiger partial charge in [-0.05, 0) is 12.0 Å². The predicted octanol–water partition coefficient (Wildman–Crippen LogP) is 0.918. The van der Waals surface area contributed by atoms with Gasteiger partial charge in [0.2, 0.25) is 5.91 Å². The standard InChI is InChI=1S/C15H20N2O3/c1-2-10-17(12-15(19)20)11-14(18)16-9-8-13-6-4-3-5-7-13/h2-7H,1,8-12H2,(H,16,18)(H,19,20). The number of aliphatic carboxylic acids is 1. The Morgan fingerprint density at radius 1 is 1.25 bits per heavy atom. The van der Waals surface area contributed by atoms with E-state index in [9.17, 15) is 9.59 Å². The molecule has 5 nitrogen and oxygen atoms in total. The number of carboxylic acids is 1. The average molecular weight is 276 g/mol. The Kier molecular flexibility index (Phi) is 7.06. The normalized spacial score (nSPS) is 10.2. The van der Waals surface area contributed by atoms with Gasteiger partial charge in [-0.15, -0.1) is 6.58 Å². The van der Waals surface area contributed by atoms with Crippen LogP contribution < -0.4 is 5.32 Å². The third-order valence-electron chi connectivity index (χ3n) is 2.69. The third kappa shape index (κ3) is 6.70. The molecule has 1 rings (SSSR count). The van der Waals surface area contributed by atoms with Gasteiger partial charge in [0.1, 0.15) is 0 Å². The second-order valence-corrected chi connectivity index (χ2v) is 4.44. The Hall–Kier alpha value is -2.14. The van der Waals surface area contributed by atoms with Crippen molar-refractivity contribution in [3.8, 4) is 0 Å². The molecular weight excluding hydrogens is 256 g/mol. The highest BCUT2D eigenvalue weighted by Gasteiger charge is 2.12. The van der Waals surface area contributed by atoms with Gasteiger partial charge >= 0.3 is 5.97 Å². The predicted molar refractivity (Wildman–Crippen MR) is 77.4 cm³/mol. The molecule has 0 saturated heterocycles. The molecular formula is C15H20N2O3. The fraction of sp³-hybridized carbons (Fsp3) is 0.333. The first-order valence-electron chi connectivity index (χ1n) is 6.47. The molecule has 5 heteroatoms. The number of carboxylic acid groups (broad SMARTS) is 1. The number of carbonyl (C=O) groups excluding carboxylic acids is 1.